The number of sulfone groups is 1. The molecule has 0 aromatic carbocycles. The van der Waals surface area contributed by atoms with E-state index in [9.17, 15) is 13.5 Å². The van der Waals surface area contributed by atoms with Crippen molar-refractivity contribution in [2.24, 2.45) is 0 Å². The lowest BCUT2D eigenvalue weighted by Crippen LogP contribution is -2.31. The molecule has 0 unspecified atom stereocenters. The van der Waals surface area contributed by atoms with Crippen molar-refractivity contribution >= 4 is 21.2 Å². The first-order valence-electron chi connectivity index (χ1n) is 6.13. The second-order valence-electron chi connectivity index (χ2n) is 5.21. The van der Waals surface area contributed by atoms with Crippen molar-refractivity contribution in [3.05, 3.63) is 28.7 Å². The van der Waals surface area contributed by atoms with E-state index in [1.54, 1.807) is 11.3 Å². The van der Waals surface area contributed by atoms with Gasteiger partial charge in [-0.1, -0.05) is 6.07 Å². The lowest BCUT2D eigenvalue weighted by atomic mass is 10.2. The van der Waals surface area contributed by atoms with Gasteiger partial charge in [0.15, 0.2) is 0 Å². The average molecular weight is 315 g/mol. The second-order valence-corrected chi connectivity index (χ2v) is 8.12. The fourth-order valence-electron chi connectivity index (χ4n) is 1.85. The van der Waals surface area contributed by atoms with E-state index in [4.69, 9.17) is 0 Å². The minimum atomic E-state index is -3.65. The van der Waals surface area contributed by atoms with Gasteiger partial charge in [0.05, 0.1) is 11.4 Å². The number of hydrogen-bond donors (Lipinski definition) is 1. The molecule has 0 aliphatic carbocycles. The standard InChI is InChI=1S/C12H17N3O3S2/c1-12(2,16)8-20(17,18)11-14-13-9-15(11)6-5-10-4-3-7-19-10/h3-4,7,9,16H,5-6,8H2,1-2H3. The van der Waals surface area contributed by atoms with E-state index in [1.165, 1.54) is 29.6 Å². The van der Waals surface area contributed by atoms with E-state index in [0.717, 1.165) is 6.42 Å². The Bertz CT molecular complexity index is 654. The molecule has 2 rings (SSSR count). The first kappa shape index (κ1) is 15.1. The maximum atomic E-state index is 12.2. The zero-order valence-corrected chi connectivity index (χ0v) is 13.0. The van der Waals surface area contributed by atoms with Gasteiger partial charge in [0.2, 0.25) is 15.0 Å². The summed E-state index contributed by atoms with van der Waals surface area (Å²) in [5.74, 6) is -0.377. The minimum absolute atomic E-state index is 0.0869. The van der Waals surface area contributed by atoms with E-state index in [1.807, 2.05) is 17.5 Å². The number of hydrogen-bond acceptors (Lipinski definition) is 6. The van der Waals surface area contributed by atoms with Gasteiger partial charge in [-0.15, -0.1) is 21.5 Å². The quantitative estimate of drug-likeness (QED) is 0.863. The molecule has 1 N–H and O–H groups in total. The topological polar surface area (TPSA) is 85.1 Å². The monoisotopic (exact) mass is 315 g/mol. The van der Waals surface area contributed by atoms with Crippen molar-refractivity contribution in [2.45, 2.75) is 37.6 Å². The van der Waals surface area contributed by atoms with E-state index in [-0.39, 0.29) is 10.9 Å². The van der Waals surface area contributed by atoms with E-state index < -0.39 is 15.4 Å². The zero-order chi connectivity index (χ0) is 14.8. The molecule has 0 saturated heterocycles. The van der Waals surface area contributed by atoms with E-state index >= 15 is 0 Å². The summed E-state index contributed by atoms with van der Waals surface area (Å²) in [7, 11) is -3.65. The summed E-state index contributed by atoms with van der Waals surface area (Å²) in [5.41, 5.74) is -1.30. The molecule has 0 aliphatic rings. The minimum Gasteiger partial charge on any atom is -0.389 e. The molecule has 0 saturated carbocycles. The van der Waals surface area contributed by atoms with Gasteiger partial charge in [0, 0.05) is 11.4 Å². The van der Waals surface area contributed by atoms with Crippen LogP contribution >= 0.6 is 11.3 Å². The van der Waals surface area contributed by atoms with Crippen molar-refractivity contribution in [1.82, 2.24) is 14.8 Å². The smallest absolute Gasteiger partial charge is 0.249 e. The number of thiophene rings is 1. The summed E-state index contributed by atoms with van der Waals surface area (Å²) in [6.07, 6.45) is 2.13. The molecule has 0 fully saturated rings. The number of rotatable bonds is 6. The first-order chi connectivity index (χ1) is 9.28. The van der Waals surface area contributed by atoms with E-state index in [0.29, 0.717) is 6.54 Å². The van der Waals surface area contributed by atoms with Crippen LogP contribution in [0.2, 0.25) is 0 Å². The summed E-state index contributed by atoms with van der Waals surface area (Å²) in [6.45, 7) is 3.40. The van der Waals surface area contributed by atoms with Crippen LogP contribution in [-0.2, 0) is 22.8 Å². The Labute approximate surface area is 122 Å². The molecular formula is C12H17N3O3S2. The Morgan fingerprint density at radius 2 is 2.20 bits per heavy atom. The van der Waals surface area contributed by atoms with Crippen LogP contribution in [0.4, 0.5) is 0 Å². The van der Waals surface area contributed by atoms with Gasteiger partial charge >= 0.3 is 0 Å². The average Bonchev–Trinajstić information content (AvgIpc) is 2.94. The largest absolute Gasteiger partial charge is 0.389 e. The summed E-state index contributed by atoms with van der Waals surface area (Å²) in [5, 5.41) is 18.9. The Morgan fingerprint density at radius 1 is 1.45 bits per heavy atom. The van der Waals surface area contributed by atoms with Gasteiger partial charge in [-0.2, -0.15) is 0 Å². The van der Waals surface area contributed by atoms with Gasteiger partial charge in [0.1, 0.15) is 6.33 Å². The molecule has 0 radical (unpaired) electrons. The highest BCUT2D eigenvalue weighted by atomic mass is 32.2. The fourth-order valence-corrected chi connectivity index (χ4v) is 4.28. The summed E-state index contributed by atoms with van der Waals surface area (Å²) in [6, 6.07) is 3.96. The van der Waals surface area contributed by atoms with Crippen LogP contribution in [0.15, 0.2) is 29.0 Å². The lowest BCUT2D eigenvalue weighted by molar-refractivity contribution is 0.105. The van der Waals surface area contributed by atoms with Crippen LogP contribution in [0.5, 0.6) is 0 Å². The molecule has 0 bridgehead atoms. The molecular weight excluding hydrogens is 298 g/mol. The normalized spacial score (nSPS) is 12.8. The molecule has 0 amide bonds. The lowest BCUT2D eigenvalue weighted by Gasteiger charge is -2.16. The van der Waals surface area contributed by atoms with Crippen LogP contribution in [0.1, 0.15) is 18.7 Å². The summed E-state index contributed by atoms with van der Waals surface area (Å²) in [4.78, 5) is 1.17. The van der Waals surface area contributed by atoms with Crippen LogP contribution in [-0.4, -0.2) is 39.6 Å². The Kier molecular flexibility index (Phi) is 4.26. The molecule has 2 aromatic heterocycles. The Morgan fingerprint density at radius 3 is 2.80 bits per heavy atom. The van der Waals surface area contributed by atoms with Crippen molar-refractivity contribution in [3.8, 4) is 0 Å². The van der Waals surface area contributed by atoms with Gasteiger partial charge in [0.25, 0.3) is 0 Å². The molecule has 110 valence electrons. The van der Waals surface area contributed by atoms with Crippen LogP contribution < -0.4 is 0 Å². The van der Waals surface area contributed by atoms with Crippen LogP contribution in [0.3, 0.4) is 0 Å². The summed E-state index contributed by atoms with van der Waals surface area (Å²) >= 11 is 1.62. The molecule has 0 atom stereocenters. The first-order valence-corrected chi connectivity index (χ1v) is 8.66. The highest BCUT2D eigenvalue weighted by molar-refractivity contribution is 7.91. The number of aromatic nitrogens is 3. The molecule has 8 heteroatoms. The number of nitrogens with zero attached hydrogens (tertiary/aromatic N) is 3. The Balaban J connectivity index is 2.16. The molecule has 2 aromatic rings. The van der Waals surface area contributed by atoms with Crippen molar-refractivity contribution in [1.29, 1.82) is 0 Å². The molecule has 0 spiro atoms. The summed E-state index contributed by atoms with van der Waals surface area (Å²) < 4.78 is 25.9. The number of aryl methyl sites for hydroxylation is 2. The van der Waals surface area contributed by atoms with Crippen molar-refractivity contribution in [2.75, 3.05) is 5.75 Å². The van der Waals surface area contributed by atoms with Gasteiger partial charge in [-0.25, -0.2) is 8.42 Å². The fraction of sp³-hybridized carbons (Fsp3) is 0.500. The third kappa shape index (κ3) is 3.87. The third-order valence-electron chi connectivity index (χ3n) is 2.58. The number of aliphatic hydroxyl groups is 1. The Hall–Kier alpha value is -1.25. The highest BCUT2D eigenvalue weighted by Gasteiger charge is 2.29. The molecule has 0 aliphatic heterocycles. The third-order valence-corrected chi connectivity index (χ3v) is 5.48. The highest BCUT2D eigenvalue weighted by Crippen LogP contribution is 2.16. The molecule has 6 nitrogen and oxygen atoms in total. The molecule has 20 heavy (non-hydrogen) atoms. The maximum absolute atomic E-state index is 12.2. The maximum Gasteiger partial charge on any atom is 0.249 e. The van der Waals surface area contributed by atoms with Crippen molar-refractivity contribution in [3.63, 3.8) is 0 Å². The van der Waals surface area contributed by atoms with Crippen LogP contribution in [0, 0.1) is 0 Å². The van der Waals surface area contributed by atoms with Crippen LogP contribution in [0.25, 0.3) is 0 Å². The second kappa shape index (κ2) is 5.63. The predicted molar refractivity (Wildman–Crippen MR) is 76.4 cm³/mol. The molecule has 2 heterocycles. The van der Waals surface area contributed by atoms with Crippen molar-refractivity contribution < 1.29 is 13.5 Å². The van der Waals surface area contributed by atoms with Gasteiger partial charge in [-0.05, 0) is 31.7 Å². The van der Waals surface area contributed by atoms with Gasteiger partial charge < -0.3 is 9.67 Å². The predicted octanol–water partition coefficient (Wildman–Crippen LogP) is 1.13. The van der Waals surface area contributed by atoms with E-state index in [2.05, 4.69) is 10.2 Å². The zero-order valence-electron chi connectivity index (χ0n) is 11.4. The van der Waals surface area contributed by atoms with Gasteiger partial charge in [-0.3, -0.25) is 0 Å². The SMILES string of the molecule is CC(C)(O)CS(=O)(=O)c1nncn1CCc1cccs1.